The van der Waals surface area contributed by atoms with Gasteiger partial charge in [0.25, 0.3) is 0 Å². The molecule has 0 bridgehead atoms. The number of imidazole rings is 1. The summed E-state index contributed by atoms with van der Waals surface area (Å²) in [6.07, 6.45) is 9.51. The van der Waals surface area contributed by atoms with Crippen LogP contribution in [-0.2, 0) is 10.3 Å². The number of rotatable bonds is 2. The van der Waals surface area contributed by atoms with Crippen LogP contribution in [0.25, 0.3) is 5.52 Å². The summed E-state index contributed by atoms with van der Waals surface area (Å²) in [4.78, 5) is 22.3. The highest BCUT2D eigenvalue weighted by Crippen LogP contribution is 2.30. The van der Waals surface area contributed by atoms with E-state index in [0.29, 0.717) is 0 Å². The van der Waals surface area contributed by atoms with Crippen molar-refractivity contribution in [1.82, 2.24) is 19.3 Å². The van der Waals surface area contributed by atoms with E-state index >= 15 is 0 Å². The fraction of sp³-hybridized carbons (Fsp3) is 0.438. The topological polar surface area (TPSA) is 50.5 Å². The lowest BCUT2D eigenvalue weighted by molar-refractivity contribution is -0.111. The smallest absolute Gasteiger partial charge is 0.202 e. The molecule has 1 saturated heterocycles. The summed E-state index contributed by atoms with van der Waals surface area (Å²) < 4.78 is 2.00. The molecule has 1 unspecified atom stereocenters. The number of likely N-dealkylation sites (tertiary alicyclic amines) is 1. The summed E-state index contributed by atoms with van der Waals surface area (Å²) in [5.74, 6) is 6.59. The summed E-state index contributed by atoms with van der Waals surface area (Å²) in [6.45, 7) is 5.49. The van der Waals surface area contributed by atoms with E-state index in [1.165, 1.54) is 6.92 Å². The average Bonchev–Trinajstić information content (AvgIpc) is 3.14. The first kappa shape index (κ1) is 13.8. The van der Waals surface area contributed by atoms with Crippen LogP contribution in [0.2, 0.25) is 0 Å². The summed E-state index contributed by atoms with van der Waals surface area (Å²) in [5, 5.41) is 0. The van der Waals surface area contributed by atoms with Crippen LogP contribution >= 0.6 is 0 Å². The van der Waals surface area contributed by atoms with Gasteiger partial charge in [-0.2, -0.15) is 0 Å². The SMILES string of the molecule is CC(=O)C#CC(C)(c1ncc2cnccn12)N1CCCC1. The largest absolute Gasteiger partial charge is 0.298 e. The maximum Gasteiger partial charge on any atom is 0.202 e. The zero-order valence-corrected chi connectivity index (χ0v) is 12.3. The standard InChI is InChI=1S/C16H18N4O/c1-13(21)5-6-16(2,19-8-3-4-9-19)15-18-12-14-11-17-7-10-20(14)15/h7,10-12H,3-4,8-9H2,1-2H3. The molecule has 21 heavy (non-hydrogen) atoms. The molecule has 0 amide bonds. The highest BCUT2D eigenvalue weighted by atomic mass is 16.1. The van der Waals surface area contributed by atoms with Crippen molar-refractivity contribution in [3.63, 3.8) is 0 Å². The Bertz CT molecular complexity index is 733. The monoisotopic (exact) mass is 282 g/mol. The van der Waals surface area contributed by atoms with Crippen LogP contribution in [0.5, 0.6) is 0 Å². The maximum atomic E-state index is 11.3. The van der Waals surface area contributed by atoms with Crippen LogP contribution in [-0.4, -0.2) is 38.1 Å². The average molecular weight is 282 g/mol. The molecule has 2 aromatic rings. The van der Waals surface area contributed by atoms with Crippen molar-refractivity contribution in [3.05, 3.63) is 30.6 Å². The Labute approximate surface area is 124 Å². The number of aromatic nitrogens is 3. The molecule has 0 N–H and O–H groups in total. The molecule has 2 aromatic heterocycles. The number of carbonyl (C=O) groups is 1. The van der Waals surface area contributed by atoms with Gasteiger partial charge in [-0.3, -0.25) is 19.1 Å². The Morgan fingerprint density at radius 3 is 2.81 bits per heavy atom. The van der Waals surface area contributed by atoms with Crippen LogP contribution < -0.4 is 0 Å². The summed E-state index contributed by atoms with van der Waals surface area (Å²) >= 11 is 0. The highest BCUT2D eigenvalue weighted by Gasteiger charge is 2.37. The third kappa shape index (κ3) is 2.43. The van der Waals surface area contributed by atoms with Crippen molar-refractivity contribution in [1.29, 1.82) is 0 Å². The molecular weight excluding hydrogens is 264 g/mol. The van der Waals surface area contributed by atoms with Crippen molar-refractivity contribution in [3.8, 4) is 11.8 Å². The van der Waals surface area contributed by atoms with Gasteiger partial charge in [-0.25, -0.2) is 4.98 Å². The molecule has 0 aromatic carbocycles. The van der Waals surface area contributed by atoms with E-state index in [1.54, 1.807) is 18.6 Å². The summed E-state index contributed by atoms with van der Waals surface area (Å²) in [5.41, 5.74) is 0.373. The lowest BCUT2D eigenvalue weighted by atomic mass is 9.99. The Balaban J connectivity index is 2.15. The van der Waals surface area contributed by atoms with Gasteiger partial charge in [0.15, 0.2) is 0 Å². The molecule has 5 nitrogen and oxygen atoms in total. The predicted octanol–water partition coefficient (Wildman–Crippen LogP) is 1.63. The van der Waals surface area contributed by atoms with Crippen molar-refractivity contribution in [2.75, 3.05) is 13.1 Å². The number of ketones is 1. The molecule has 3 rings (SSSR count). The molecule has 1 fully saturated rings. The van der Waals surface area contributed by atoms with Crippen LogP contribution in [0.3, 0.4) is 0 Å². The van der Waals surface area contributed by atoms with Gasteiger partial charge < -0.3 is 0 Å². The van der Waals surface area contributed by atoms with Crippen molar-refractivity contribution in [2.45, 2.75) is 32.2 Å². The van der Waals surface area contributed by atoms with E-state index in [9.17, 15) is 4.79 Å². The Kier molecular flexibility index (Phi) is 3.48. The third-order valence-corrected chi connectivity index (χ3v) is 3.99. The lowest BCUT2D eigenvalue weighted by Gasteiger charge is -2.33. The second-order valence-corrected chi connectivity index (χ2v) is 5.53. The molecule has 0 aliphatic carbocycles. The minimum atomic E-state index is -0.560. The van der Waals surface area contributed by atoms with Crippen LogP contribution in [0.1, 0.15) is 32.5 Å². The van der Waals surface area contributed by atoms with E-state index in [4.69, 9.17) is 0 Å². The zero-order chi connectivity index (χ0) is 14.9. The fourth-order valence-corrected chi connectivity index (χ4v) is 2.86. The fourth-order valence-electron chi connectivity index (χ4n) is 2.86. The number of nitrogens with zero attached hydrogens (tertiary/aromatic N) is 4. The van der Waals surface area contributed by atoms with Crippen molar-refractivity contribution >= 4 is 11.3 Å². The Hall–Kier alpha value is -2.19. The molecular formula is C16H18N4O. The van der Waals surface area contributed by atoms with Gasteiger partial charge in [0.2, 0.25) is 5.78 Å². The van der Waals surface area contributed by atoms with Gasteiger partial charge in [-0.05, 0) is 25.7 Å². The van der Waals surface area contributed by atoms with Gasteiger partial charge in [0.1, 0.15) is 11.4 Å². The summed E-state index contributed by atoms with van der Waals surface area (Å²) in [7, 11) is 0. The third-order valence-electron chi connectivity index (χ3n) is 3.99. The minimum absolute atomic E-state index is 0.122. The van der Waals surface area contributed by atoms with Gasteiger partial charge in [0, 0.05) is 32.4 Å². The minimum Gasteiger partial charge on any atom is -0.298 e. The van der Waals surface area contributed by atoms with Gasteiger partial charge in [0.05, 0.1) is 17.9 Å². The maximum absolute atomic E-state index is 11.3. The number of Topliss-reactive ketones (excluding diaryl/α,β-unsaturated/α-hetero) is 1. The van der Waals surface area contributed by atoms with E-state index in [2.05, 4.69) is 26.7 Å². The van der Waals surface area contributed by atoms with Crippen molar-refractivity contribution in [2.24, 2.45) is 0 Å². The van der Waals surface area contributed by atoms with E-state index in [0.717, 1.165) is 37.3 Å². The van der Waals surface area contributed by atoms with E-state index in [-0.39, 0.29) is 5.78 Å². The van der Waals surface area contributed by atoms with Crippen molar-refractivity contribution < 1.29 is 4.79 Å². The predicted molar refractivity (Wildman–Crippen MR) is 79.6 cm³/mol. The molecule has 0 spiro atoms. The first-order valence-corrected chi connectivity index (χ1v) is 7.17. The molecule has 0 saturated carbocycles. The number of hydrogen-bond acceptors (Lipinski definition) is 4. The summed E-state index contributed by atoms with van der Waals surface area (Å²) in [6, 6.07) is 0. The van der Waals surface area contributed by atoms with E-state index < -0.39 is 5.54 Å². The van der Waals surface area contributed by atoms with Gasteiger partial charge in [-0.1, -0.05) is 5.92 Å². The molecule has 5 heteroatoms. The van der Waals surface area contributed by atoms with Gasteiger partial charge in [-0.15, -0.1) is 0 Å². The second-order valence-electron chi connectivity index (χ2n) is 5.53. The number of carbonyl (C=O) groups excluding carboxylic acids is 1. The molecule has 1 atom stereocenters. The quantitative estimate of drug-likeness (QED) is 0.620. The molecule has 1 aliphatic heterocycles. The zero-order valence-electron chi connectivity index (χ0n) is 12.3. The van der Waals surface area contributed by atoms with Crippen LogP contribution in [0.15, 0.2) is 24.8 Å². The number of hydrogen-bond donors (Lipinski definition) is 0. The molecule has 0 radical (unpaired) electrons. The normalized spacial score (nSPS) is 18.2. The Morgan fingerprint density at radius 2 is 2.10 bits per heavy atom. The van der Waals surface area contributed by atoms with Crippen LogP contribution in [0.4, 0.5) is 0 Å². The molecule has 108 valence electrons. The highest BCUT2D eigenvalue weighted by molar-refractivity contribution is 5.93. The molecule has 1 aliphatic rings. The Morgan fingerprint density at radius 1 is 1.33 bits per heavy atom. The second kappa shape index (κ2) is 5.30. The lowest BCUT2D eigenvalue weighted by Crippen LogP contribution is -2.42. The number of fused-ring (bicyclic) bond motifs is 1. The molecule has 3 heterocycles. The van der Waals surface area contributed by atoms with Gasteiger partial charge >= 0.3 is 0 Å². The first-order chi connectivity index (χ1) is 10.1. The van der Waals surface area contributed by atoms with Crippen LogP contribution in [0, 0.1) is 11.8 Å². The first-order valence-electron chi connectivity index (χ1n) is 7.17. The van der Waals surface area contributed by atoms with E-state index in [1.807, 2.05) is 17.5 Å².